The molecule has 0 aromatic heterocycles. The van der Waals surface area contributed by atoms with Crippen LogP contribution in [0.4, 0.5) is 17.6 Å². The Morgan fingerprint density at radius 2 is 1.95 bits per heavy atom. The third kappa shape index (κ3) is 3.28. The van der Waals surface area contributed by atoms with E-state index in [0.29, 0.717) is 11.5 Å². The summed E-state index contributed by atoms with van der Waals surface area (Å²) in [6, 6.07) is 3.38. The number of benzene rings is 1. The summed E-state index contributed by atoms with van der Waals surface area (Å²) in [7, 11) is 0. The highest BCUT2D eigenvalue weighted by atomic mass is 19.4. The Hall–Kier alpha value is -1.06. The highest BCUT2D eigenvalue weighted by Crippen LogP contribution is 2.41. The van der Waals surface area contributed by atoms with E-state index in [1.807, 2.05) is 0 Å². The van der Waals surface area contributed by atoms with Crippen LogP contribution in [0.2, 0.25) is 0 Å². The van der Waals surface area contributed by atoms with Gasteiger partial charge in [-0.3, -0.25) is 0 Å². The third-order valence-corrected chi connectivity index (χ3v) is 4.01. The van der Waals surface area contributed by atoms with E-state index in [4.69, 9.17) is 0 Å². The molecular weight excluding hydrogens is 256 g/mol. The Morgan fingerprint density at radius 3 is 2.53 bits per heavy atom. The van der Waals surface area contributed by atoms with E-state index in [9.17, 15) is 17.6 Å². The molecule has 4 heteroatoms. The summed E-state index contributed by atoms with van der Waals surface area (Å²) in [5.74, 6) is -0.294. The summed E-state index contributed by atoms with van der Waals surface area (Å²) in [5.41, 5.74) is -0.455. The Labute approximate surface area is 110 Å². The molecule has 0 nitrogen and oxygen atoms in total. The van der Waals surface area contributed by atoms with E-state index >= 15 is 0 Å². The lowest BCUT2D eigenvalue weighted by Gasteiger charge is -2.14. The minimum absolute atomic E-state index is 0.216. The van der Waals surface area contributed by atoms with Crippen molar-refractivity contribution in [3.63, 3.8) is 0 Å². The average molecular weight is 274 g/mol. The molecule has 106 valence electrons. The van der Waals surface area contributed by atoms with Gasteiger partial charge in [-0.1, -0.05) is 25.8 Å². The fourth-order valence-electron chi connectivity index (χ4n) is 3.06. The van der Waals surface area contributed by atoms with Gasteiger partial charge in [0, 0.05) is 0 Å². The van der Waals surface area contributed by atoms with Crippen LogP contribution >= 0.6 is 0 Å². The van der Waals surface area contributed by atoms with Gasteiger partial charge >= 0.3 is 6.18 Å². The minimum Gasteiger partial charge on any atom is -0.206 e. The molecule has 1 fully saturated rings. The molecular formula is C15H18F4. The number of halogens is 4. The molecule has 0 radical (unpaired) electrons. The standard InChI is InChI=1S/C15H18F4/c1-2-3-10-4-5-11(8-10)12-6-7-13(14(16)9-12)15(17,18)19/h6-7,9-11H,2-5,8H2,1H3. The molecule has 1 aromatic rings. The lowest BCUT2D eigenvalue weighted by atomic mass is 9.94. The number of rotatable bonds is 3. The Morgan fingerprint density at radius 1 is 1.21 bits per heavy atom. The van der Waals surface area contributed by atoms with Crippen LogP contribution in [0.3, 0.4) is 0 Å². The zero-order chi connectivity index (χ0) is 14.0. The first-order valence-corrected chi connectivity index (χ1v) is 6.78. The molecule has 2 atom stereocenters. The van der Waals surface area contributed by atoms with E-state index in [0.717, 1.165) is 44.2 Å². The van der Waals surface area contributed by atoms with E-state index in [-0.39, 0.29) is 5.92 Å². The van der Waals surface area contributed by atoms with Gasteiger partial charge in [-0.05, 0) is 48.8 Å². The van der Waals surface area contributed by atoms with Crippen LogP contribution in [0.1, 0.15) is 56.1 Å². The molecule has 2 rings (SSSR count). The van der Waals surface area contributed by atoms with Crippen molar-refractivity contribution in [2.75, 3.05) is 0 Å². The van der Waals surface area contributed by atoms with Gasteiger partial charge in [0.05, 0.1) is 5.56 Å². The summed E-state index contributed by atoms with van der Waals surface area (Å²) < 4.78 is 51.0. The van der Waals surface area contributed by atoms with E-state index in [1.165, 1.54) is 6.07 Å². The summed E-state index contributed by atoms with van der Waals surface area (Å²) >= 11 is 0. The number of hydrogen-bond donors (Lipinski definition) is 0. The molecule has 19 heavy (non-hydrogen) atoms. The third-order valence-electron chi connectivity index (χ3n) is 4.01. The molecule has 1 aromatic carbocycles. The van der Waals surface area contributed by atoms with Crippen LogP contribution in [0.5, 0.6) is 0 Å². The molecule has 0 heterocycles. The minimum atomic E-state index is -4.61. The summed E-state index contributed by atoms with van der Waals surface area (Å²) in [6.07, 6.45) is 0.691. The number of hydrogen-bond acceptors (Lipinski definition) is 0. The smallest absolute Gasteiger partial charge is 0.206 e. The zero-order valence-corrected chi connectivity index (χ0v) is 10.9. The van der Waals surface area contributed by atoms with Crippen molar-refractivity contribution < 1.29 is 17.6 Å². The second-order valence-electron chi connectivity index (χ2n) is 5.40. The maximum Gasteiger partial charge on any atom is 0.419 e. The van der Waals surface area contributed by atoms with E-state index in [1.54, 1.807) is 0 Å². The second kappa shape index (κ2) is 5.51. The Balaban J connectivity index is 2.13. The fourth-order valence-corrected chi connectivity index (χ4v) is 3.06. The first-order chi connectivity index (χ1) is 8.91. The van der Waals surface area contributed by atoms with Crippen LogP contribution in [-0.2, 0) is 6.18 Å². The Bertz CT molecular complexity index is 436. The monoisotopic (exact) mass is 274 g/mol. The highest BCUT2D eigenvalue weighted by Gasteiger charge is 2.34. The van der Waals surface area contributed by atoms with E-state index < -0.39 is 17.6 Å². The van der Waals surface area contributed by atoms with Gasteiger partial charge in [0.1, 0.15) is 5.82 Å². The van der Waals surface area contributed by atoms with Crippen molar-refractivity contribution in [2.45, 2.75) is 51.1 Å². The van der Waals surface area contributed by atoms with Crippen molar-refractivity contribution in [1.29, 1.82) is 0 Å². The highest BCUT2D eigenvalue weighted by molar-refractivity contribution is 5.29. The Kier molecular flexibility index (Phi) is 4.16. The predicted molar refractivity (Wildman–Crippen MR) is 66.4 cm³/mol. The summed E-state index contributed by atoms with van der Waals surface area (Å²) in [4.78, 5) is 0. The van der Waals surface area contributed by atoms with Gasteiger partial charge in [0.15, 0.2) is 0 Å². The van der Waals surface area contributed by atoms with Gasteiger partial charge in [-0.25, -0.2) is 4.39 Å². The molecule has 0 aliphatic heterocycles. The molecule has 0 spiro atoms. The lowest BCUT2D eigenvalue weighted by molar-refractivity contribution is -0.140. The topological polar surface area (TPSA) is 0 Å². The van der Waals surface area contributed by atoms with Gasteiger partial charge in [0.25, 0.3) is 0 Å². The molecule has 2 unspecified atom stereocenters. The van der Waals surface area contributed by atoms with Crippen LogP contribution < -0.4 is 0 Å². The zero-order valence-electron chi connectivity index (χ0n) is 10.9. The van der Waals surface area contributed by atoms with Crippen molar-refractivity contribution in [3.05, 3.63) is 35.1 Å². The van der Waals surface area contributed by atoms with Gasteiger partial charge in [-0.15, -0.1) is 0 Å². The largest absolute Gasteiger partial charge is 0.419 e. The van der Waals surface area contributed by atoms with Crippen molar-refractivity contribution in [1.82, 2.24) is 0 Å². The first kappa shape index (κ1) is 14.4. The molecule has 0 bridgehead atoms. The molecule has 1 aliphatic rings. The average Bonchev–Trinajstić information content (AvgIpc) is 2.76. The normalized spacial score (nSPS) is 23.8. The molecule has 1 aliphatic carbocycles. The molecule has 0 saturated heterocycles. The van der Waals surface area contributed by atoms with Gasteiger partial charge in [0.2, 0.25) is 0 Å². The second-order valence-corrected chi connectivity index (χ2v) is 5.40. The van der Waals surface area contributed by atoms with Gasteiger partial charge in [-0.2, -0.15) is 13.2 Å². The van der Waals surface area contributed by atoms with Crippen LogP contribution in [0, 0.1) is 11.7 Å². The van der Waals surface area contributed by atoms with Crippen LogP contribution in [0.15, 0.2) is 18.2 Å². The predicted octanol–water partition coefficient (Wildman–Crippen LogP) is 5.53. The van der Waals surface area contributed by atoms with E-state index in [2.05, 4.69) is 6.92 Å². The SMILES string of the molecule is CCCC1CCC(c2ccc(C(F)(F)F)c(F)c2)C1. The number of alkyl halides is 3. The van der Waals surface area contributed by atoms with Crippen molar-refractivity contribution in [2.24, 2.45) is 5.92 Å². The molecule has 0 N–H and O–H groups in total. The van der Waals surface area contributed by atoms with Crippen molar-refractivity contribution in [3.8, 4) is 0 Å². The lowest BCUT2D eigenvalue weighted by Crippen LogP contribution is -2.09. The maximum absolute atomic E-state index is 13.5. The van der Waals surface area contributed by atoms with Gasteiger partial charge < -0.3 is 0 Å². The maximum atomic E-state index is 13.5. The van der Waals surface area contributed by atoms with Crippen molar-refractivity contribution >= 4 is 0 Å². The first-order valence-electron chi connectivity index (χ1n) is 6.78. The molecule has 1 saturated carbocycles. The quantitative estimate of drug-likeness (QED) is 0.636. The van der Waals surface area contributed by atoms with Crippen LogP contribution in [0.25, 0.3) is 0 Å². The fraction of sp³-hybridized carbons (Fsp3) is 0.600. The van der Waals surface area contributed by atoms with Crippen LogP contribution in [-0.4, -0.2) is 0 Å². The summed E-state index contributed by atoms with van der Waals surface area (Å²) in [6.45, 7) is 2.13. The summed E-state index contributed by atoms with van der Waals surface area (Å²) in [5, 5.41) is 0. The molecule has 0 amide bonds.